The van der Waals surface area contributed by atoms with Crippen molar-refractivity contribution in [3.63, 3.8) is 0 Å². The van der Waals surface area contributed by atoms with Crippen molar-refractivity contribution in [1.82, 2.24) is 5.32 Å². The van der Waals surface area contributed by atoms with Gasteiger partial charge in [0.1, 0.15) is 5.82 Å². The predicted molar refractivity (Wildman–Crippen MR) is 81.7 cm³/mol. The Morgan fingerprint density at radius 1 is 1.15 bits per heavy atom. The van der Waals surface area contributed by atoms with Gasteiger partial charge in [0.05, 0.1) is 0 Å². The Morgan fingerprint density at radius 3 is 2.45 bits per heavy atom. The number of benzene rings is 2. The topological polar surface area (TPSA) is 29.1 Å². The number of halogens is 4. The molecule has 0 saturated heterocycles. The summed E-state index contributed by atoms with van der Waals surface area (Å²) in [5.74, 6) is -0.744. The van der Waals surface area contributed by atoms with E-state index in [-0.39, 0.29) is 18.3 Å². The van der Waals surface area contributed by atoms with Crippen LogP contribution in [0.25, 0.3) is 0 Å². The number of rotatable bonds is 3. The van der Waals surface area contributed by atoms with Gasteiger partial charge >= 0.3 is 0 Å². The first-order chi connectivity index (χ1) is 9.45. The van der Waals surface area contributed by atoms with Gasteiger partial charge in [-0.05, 0) is 36.4 Å². The predicted octanol–water partition coefficient (Wildman–Crippen LogP) is 4.83. The summed E-state index contributed by atoms with van der Waals surface area (Å²) in [5, 5.41) is 3.36. The van der Waals surface area contributed by atoms with Crippen molar-refractivity contribution in [3.05, 3.63) is 67.9 Å². The number of nitrogens with one attached hydrogen (secondary N) is 1. The lowest BCUT2D eigenvalue weighted by Crippen LogP contribution is -2.23. The summed E-state index contributed by atoms with van der Waals surface area (Å²) in [5.41, 5.74) is 0.721. The van der Waals surface area contributed by atoms with Gasteiger partial charge in [-0.1, -0.05) is 39.1 Å². The highest BCUT2D eigenvalue weighted by atomic mass is 79.9. The number of amides is 1. The summed E-state index contributed by atoms with van der Waals surface area (Å²) in [6.45, 7) is 0.0776. The molecule has 2 aromatic rings. The van der Waals surface area contributed by atoms with Crippen LogP contribution in [0.15, 0.2) is 40.9 Å². The van der Waals surface area contributed by atoms with E-state index in [9.17, 15) is 9.18 Å². The second-order valence-electron chi connectivity index (χ2n) is 4.08. The normalized spacial score (nSPS) is 10.4. The molecule has 0 fully saturated rings. The van der Waals surface area contributed by atoms with E-state index in [1.165, 1.54) is 24.3 Å². The molecule has 0 aliphatic heterocycles. The first-order valence-corrected chi connectivity index (χ1v) is 7.19. The van der Waals surface area contributed by atoms with Crippen molar-refractivity contribution >= 4 is 45.0 Å². The van der Waals surface area contributed by atoms with Gasteiger partial charge in [0.25, 0.3) is 5.91 Å². The third-order valence-corrected chi connectivity index (χ3v) is 3.50. The molecule has 0 unspecified atom stereocenters. The Hall–Kier alpha value is -1.10. The highest BCUT2D eigenvalue weighted by Gasteiger charge is 2.09. The average molecular weight is 377 g/mol. The Kier molecular flexibility index (Phi) is 5.02. The van der Waals surface area contributed by atoms with Gasteiger partial charge in [0, 0.05) is 32.2 Å². The molecule has 1 amide bonds. The van der Waals surface area contributed by atoms with E-state index in [0.29, 0.717) is 21.2 Å². The van der Waals surface area contributed by atoms with Gasteiger partial charge in [-0.3, -0.25) is 4.79 Å². The van der Waals surface area contributed by atoms with Crippen LogP contribution in [-0.2, 0) is 6.54 Å². The molecule has 2 rings (SSSR count). The van der Waals surface area contributed by atoms with Crippen LogP contribution < -0.4 is 5.32 Å². The van der Waals surface area contributed by atoms with Gasteiger partial charge in [0.15, 0.2) is 0 Å². The Morgan fingerprint density at radius 2 is 1.80 bits per heavy atom. The highest BCUT2D eigenvalue weighted by molar-refractivity contribution is 9.10. The zero-order valence-corrected chi connectivity index (χ0v) is 13.2. The standard InChI is InChI=1S/C14H9BrCl2FNO/c15-10-1-2-13(18)9(3-10)7-19-14(20)8-4-11(16)6-12(17)5-8/h1-6H,7H2,(H,19,20). The SMILES string of the molecule is O=C(NCc1cc(Br)ccc1F)c1cc(Cl)cc(Cl)c1. The Labute approximate surface area is 134 Å². The van der Waals surface area contributed by atoms with E-state index in [2.05, 4.69) is 21.2 Å². The van der Waals surface area contributed by atoms with E-state index >= 15 is 0 Å². The summed E-state index contributed by atoms with van der Waals surface area (Å²) in [6, 6.07) is 9.08. The fourth-order valence-corrected chi connectivity index (χ4v) is 2.58. The molecular weight excluding hydrogens is 368 g/mol. The van der Waals surface area contributed by atoms with Crippen molar-refractivity contribution in [3.8, 4) is 0 Å². The lowest BCUT2D eigenvalue weighted by molar-refractivity contribution is 0.0950. The molecule has 6 heteroatoms. The van der Waals surface area contributed by atoms with E-state index in [1.54, 1.807) is 12.1 Å². The summed E-state index contributed by atoms with van der Waals surface area (Å²) < 4.78 is 14.3. The summed E-state index contributed by atoms with van der Waals surface area (Å²) in [6.07, 6.45) is 0. The number of hydrogen-bond acceptors (Lipinski definition) is 1. The fraction of sp³-hybridized carbons (Fsp3) is 0.0714. The van der Waals surface area contributed by atoms with Crippen LogP contribution in [0.3, 0.4) is 0 Å². The molecule has 1 N–H and O–H groups in total. The molecule has 0 radical (unpaired) electrons. The number of hydrogen-bond donors (Lipinski definition) is 1. The average Bonchev–Trinajstić information content (AvgIpc) is 2.38. The molecule has 2 nitrogen and oxygen atoms in total. The first kappa shape index (κ1) is 15.3. The minimum Gasteiger partial charge on any atom is -0.348 e. The maximum atomic E-state index is 13.5. The molecule has 0 atom stereocenters. The van der Waals surface area contributed by atoms with E-state index in [1.807, 2.05) is 0 Å². The van der Waals surface area contributed by atoms with E-state index < -0.39 is 0 Å². The highest BCUT2D eigenvalue weighted by Crippen LogP contribution is 2.19. The Bertz CT molecular complexity index is 643. The quantitative estimate of drug-likeness (QED) is 0.816. The molecule has 0 saturated carbocycles. The second kappa shape index (κ2) is 6.57. The van der Waals surface area contributed by atoms with Crippen molar-refractivity contribution in [1.29, 1.82) is 0 Å². The molecular formula is C14H9BrCl2FNO. The van der Waals surface area contributed by atoms with Crippen LogP contribution in [0.2, 0.25) is 10.0 Å². The van der Waals surface area contributed by atoms with Crippen LogP contribution in [0.1, 0.15) is 15.9 Å². The third kappa shape index (κ3) is 3.95. The fourth-order valence-electron chi connectivity index (χ4n) is 1.64. The van der Waals surface area contributed by atoms with Crippen LogP contribution in [0.5, 0.6) is 0 Å². The Balaban J connectivity index is 2.10. The first-order valence-electron chi connectivity index (χ1n) is 5.64. The minimum atomic E-state index is -0.377. The molecule has 0 aliphatic rings. The van der Waals surface area contributed by atoms with Crippen LogP contribution in [-0.4, -0.2) is 5.91 Å². The molecule has 2 aromatic carbocycles. The summed E-state index contributed by atoms with van der Waals surface area (Å²) >= 11 is 14.9. The van der Waals surface area contributed by atoms with Crippen LogP contribution in [0, 0.1) is 5.82 Å². The van der Waals surface area contributed by atoms with Gasteiger partial charge in [-0.15, -0.1) is 0 Å². The smallest absolute Gasteiger partial charge is 0.251 e. The summed E-state index contributed by atoms with van der Waals surface area (Å²) in [4.78, 5) is 12.0. The monoisotopic (exact) mass is 375 g/mol. The lowest BCUT2D eigenvalue weighted by Gasteiger charge is -2.07. The molecule has 104 valence electrons. The second-order valence-corrected chi connectivity index (χ2v) is 5.87. The third-order valence-electron chi connectivity index (χ3n) is 2.57. The maximum Gasteiger partial charge on any atom is 0.251 e. The molecule has 0 heterocycles. The van der Waals surface area contributed by atoms with Gasteiger partial charge in [-0.2, -0.15) is 0 Å². The number of carbonyl (C=O) groups excluding carboxylic acids is 1. The van der Waals surface area contributed by atoms with Crippen molar-refractivity contribution in [2.45, 2.75) is 6.54 Å². The minimum absolute atomic E-state index is 0.0776. The number of carbonyl (C=O) groups is 1. The van der Waals surface area contributed by atoms with Gasteiger partial charge in [0.2, 0.25) is 0 Å². The molecule has 0 aliphatic carbocycles. The lowest BCUT2D eigenvalue weighted by atomic mass is 10.2. The van der Waals surface area contributed by atoms with Gasteiger partial charge < -0.3 is 5.32 Å². The zero-order chi connectivity index (χ0) is 14.7. The molecule has 0 spiro atoms. The molecule has 20 heavy (non-hydrogen) atoms. The maximum absolute atomic E-state index is 13.5. The zero-order valence-electron chi connectivity index (χ0n) is 10.1. The largest absolute Gasteiger partial charge is 0.348 e. The van der Waals surface area contributed by atoms with Crippen molar-refractivity contribution in [2.75, 3.05) is 0 Å². The molecule has 0 bridgehead atoms. The van der Waals surface area contributed by atoms with Gasteiger partial charge in [-0.25, -0.2) is 4.39 Å². The van der Waals surface area contributed by atoms with Crippen LogP contribution in [0.4, 0.5) is 4.39 Å². The van der Waals surface area contributed by atoms with Crippen molar-refractivity contribution < 1.29 is 9.18 Å². The van der Waals surface area contributed by atoms with Crippen molar-refractivity contribution in [2.24, 2.45) is 0 Å². The summed E-state index contributed by atoms with van der Waals surface area (Å²) in [7, 11) is 0. The van der Waals surface area contributed by atoms with Crippen LogP contribution >= 0.6 is 39.1 Å². The molecule has 0 aromatic heterocycles. The van der Waals surface area contributed by atoms with E-state index in [4.69, 9.17) is 23.2 Å². The van der Waals surface area contributed by atoms with E-state index in [0.717, 1.165) is 4.47 Å².